The lowest BCUT2D eigenvalue weighted by atomic mass is 9.67. The molecule has 1 aliphatic heterocycles. The van der Waals surface area contributed by atoms with Gasteiger partial charge in [-0.15, -0.1) is 11.3 Å². The molecule has 1 saturated heterocycles. The zero-order valence-electron chi connectivity index (χ0n) is 14.1. The number of rotatable bonds is 5. The highest BCUT2D eigenvalue weighted by atomic mass is 35.5. The third-order valence-electron chi connectivity index (χ3n) is 6.92. The van der Waals surface area contributed by atoms with Gasteiger partial charge < -0.3 is 4.74 Å². The van der Waals surface area contributed by atoms with Crippen LogP contribution >= 0.6 is 22.9 Å². The molecule has 4 aliphatic carbocycles. The molecular formula is C18H23ClN2O3S. The van der Waals surface area contributed by atoms with Gasteiger partial charge in [0.2, 0.25) is 0 Å². The van der Waals surface area contributed by atoms with Crippen molar-refractivity contribution in [1.82, 2.24) is 10.8 Å². The summed E-state index contributed by atoms with van der Waals surface area (Å²) in [6.45, 7) is 2.06. The molecule has 6 rings (SSSR count). The third-order valence-corrected chi connectivity index (χ3v) is 8.65. The van der Waals surface area contributed by atoms with E-state index in [1.165, 1.54) is 43.4 Å². The first-order chi connectivity index (χ1) is 12.0. The second-order valence-electron chi connectivity index (χ2n) is 8.46. The van der Waals surface area contributed by atoms with Crippen LogP contribution in [-0.2, 0) is 4.74 Å². The molecule has 25 heavy (non-hydrogen) atoms. The number of nitrogens with one attached hydrogen (secondary N) is 2. The van der Waals surface area contributed by atoms with E-state index in [4.69, 9.17) is 21.5 Å². The molecule has 1 amide bonds. The second-order valence-corrected chi connectivity index (χ2v) is 9.96. The van der Waals surface area contributed by atoms with Gasteiger partial charge >= 0.3 is 0 Å². The minimum Gasteiger partial charge on any atom is -0.353 e. The average Bonchev–Trinajstić information content (AvgIpc) is 3.08. The van der Waals surface area contributed by atoms with Crippen molar-refractivity contribution in [3.63, 3.8) is 0 Å². The molecule has 1 aromatic rings. The molecule has 5 fully saturated rings. The van der Waals surface area contributed by atoms with Crippen molar-refractivity contribution in [1.29, 1.82) is 0 Å². The SMILES string of the molecule is CC(NC1OC1C12CC3CC(C1)C(C3)C2)c1cc(Cl)c(C(=O)NO)s1. The van der Waals surface area contributed by atoms with Crippen LogP contribution in [0.3, 0.4) is 0 Å². The third kappa shape index (κ3) is 2.57. The van der Waals surface area contributed by atoms with Crippen molar-refractivity contribution >= 4 is 28.8 Å². The van der Waals surface area contributed by atoms with Gasteiger partial charge in [0, 0.05) is 16.3 Å². The summed E-state index contributed by atoms with van der Waals surface area (Å²) in [5.41, 5.74) is 2.06. The number of hydrogen-bond acceptors (Lipinski definition) is 5. The summed E-state index contributed by atoms with van der Waals surface area (Å²) in [5, 5.41) is 12.7. The van der Waals surface area contributed by atoms with Gasteiger partial charge in [-0.2, -0.15) is 0 Å². The first-order valence-corrected chi connectivity index (χ1v) is 10.3. The monoisotopic (exact) mass is 382 g/mol. The number of thiophene rings is 1. The largest absolute Gasteiger partial charge is 0.353 e. The summed E-state index contributed by atoms with van der Waals surface area (Å²) < 4.78 is 6.09. The lowest BCUT2D eigenvalue weighted by Crippen LogP contribution is -2.36. The van der Waals surface area contributed by atoms with Gasteiger partial charge in [-0.3, -0.25) is 15.3 Å². The number of amides is 1. The van der Waals surface area contributed by atoms with Gasteiger partial charge in [0.05, 0.1) is 5.02 Å². The zero-order chi connectivity index (χ0) is 17.3. The summed E-state index contributed by atoms with van der Waals surface area (Å²) in [6.07, 6.45) is 7.44. The van der Waals surface area contributed by atoms with Crippen LogP contribution in [0, 0.1) is 23.2 Å². The Hall–Kier alpha value is -0.660. The smallest absolute Gasteiger partial charge is 0.286 e. The van der Waals surface area contributed by atoms with Gasteiger partial charge in [0.15, 0.2) is 0 Å². The second kappa shape index (κ2) is 5.67. The molecule has 2 heterocycles. The molecule has 7 heteroatoms. The van der Waals surface area contributed by atoms with Crippen LogP contribution in [-0.4, -0.2) is 23.4 Å². The number of carbonyl (C=O) groups is 1. The fraction of sp³-hybridized carbons (Fsp3) is 0.722. The highest BCUT2D eigenvalue weighted by Crippen LogP contribution is 2.68. The Bertz CT molecular complexity index is 704. The minimum atomic E-state index is -0.564. The molecule has 5 nitrogen and oxygen atoms in total. The molecule has 0 radical (unpaired) electrons. The van der Waals surface area contributed by atoms with Gasteiger partial charge in [-0.25, -0.2) is 5.48 Å². The van der Waals surface area contributed by atoms with E-state index in [0.29, 0.717) is 21.4 Å². The Labute approximate surface area is 156 Å². The van der Waals surface area contributed by atoms with Crippen LogP contribution < -0.4 is 10.8 Å². The van der Waals surface area contributed by atoms with Crippen LogP contribution in [0.5, 0.6) is 0 Å². The molecular weight excluding hydrogens is 360 g/mol. The van der Waals surface area contributed by atoms with E-state index < -0.39 is 5.91 Å². The summed E-state index contributed by atoms with van der Waals surface area (Å²) >= 11 is 7.42. The van der Waals surface area contributed by atoms with E-state index in [2.05, 4.69) is 12.2 Å². The molecule has 3 N–H and O–H groups in total. The predicted octanol–water partition coefficient (Wildman–Crippen LogP) is 3.72. The predicted molar refractivity (Wildman–Crippen MR) is 94.8 cm³/mol. The van der Waals surface area contributed by atoms with Crippen molar-refractivity contribution < 1.29 is 14.7 Å². The molecule has 5 atom stereocenters. The van der Waals surface area contributed by atoms with Crippen LogP contribution in [0.25, 0.3) is 0 Å². The van der Waals surface area contributed by atoms with Gasteiger partial charge in [-0.05, 0) is 62.8 Å². The molecule has 0 spiro atoms. The maximum absolute atomic E-state index is 11.6. The lowest BCUT2D eigenvalue weighted by molar-refractivity contribution is 0.0711. The van der Waals surface area contributed by atoms with Crippen molar-refractivity contribution in [3.8, 4) is 0 Å². The van der Waals surface area contributed by atoms with E-state index in [9.17, 15) is 4.79 Å². The summed E-state index contributed by atoms with van der Waals surface area (Å²) in [7, 11) is 0. The minimum absolute atomic E-state index is 0.0597. The van der Waals surface area contributed by atoms with E-state index in [0.717, 1.165) is 22.6 Å². The van der Waals surface area contributed by atoms with Crippen molar-refractivity contribution in [2.45, 2.75) is 57.4 Å². The van der Waals surface area contributed by atoms with Crippen LogP contribution in [0.2, 0.25) is 5.02 Å². The number of halogens is 1. The summed E-state index contributed by atoms with van der Waals surface area (Å²) in [4.78, 5) is 12.9. The Morgan fingerprint density at radius 2 is 2.12 bits per heavy atom. The molecule has 4 bridgehead atoms. The van der Waals surface area contributed by atoms with Gasteiger partial charge in [0.25, 0.3) is 5.91 Å². The number of epoxide rings is 1. The maximum Gasteiger partial charge on any atom is 0.286 e. The quantitative estimate of drug-likeness (QED) is 0.412. The number of carbonyl (C=O) groups excluding carboxylic acids is 1. The van der Waals surface area contributed by atoms with E-state index >= 15 is 0 Å². The number of hydrogen-bond donors (Lipinski definition) is 3. The van der Waals surface area contributed by atoms with Crippen LogP contribution in [0.4, 0.5) is 0 Å². The van der Waals surface area contributed by atoms with Crippen molar-refractivity contribution in [2.24, 2.45) is 23.2 Å². The van der Waals surface area contributed by atoms with E-state index in [1.807, 2.05) is 0 Å². The van der Waals surface area contributed by atoms with Crippen molar-refractivity contribution in [2.75, 3.05) is 0 Å². The lowest BCUT2D eigenvalue weighted by Gasteiger charge is -2.37. The summed E-state index contributed by atoms with van der Waals surface area (Å²) in [6, 6.07) is 1.86. The molecule has 136 valence electrons. The molecule has 5 unspecified atom stereocenters. The Balaban J connectivity index is 1.25. The first kappa shape index (κ1) is 16.5. The Morgan fingerprint density at radius 3 is 2.76 bits per heavy atom. The van der Waals surface area contributed by atoms with Gasteiger partial charge in [-0.1, -0.05) is 11.6 Å². The number of ether oxygens (including phenoxy) is 1. The molecule has 5 aliphatic rings. The Kier molecular flexibility index (Phi) is 3.74. The van der Waals surface area contributed by atoms with E-state index in [1.54, 1.807) is 11.5 Å². The first-order valence-electron chi connectivity index (χ1n) is 9.14. The normalized spacial score (nSPS) is 42.0. The summed E-state index contributed by atoms with van der Waals surface area (Å²) in [5.74, 6) is 2.29. The fourth-order valence-corrected chi connectivity index (χ4v) is 7.40. The highest BCUT2D eigenvalue weighted by Gasteiger charge is 2.65. The average molecular weight is 383 g/mol. The van der Waals surface area contributed by atoms with Crippen molar-refractivity contribution in [3.05, 3.63) is 20.8 Å². The van der Waals surface area contributed by atoms with Crippen LogP contribution in [0.1, 0.15) is 59.6 Å². The number of hydroxylamine groups is 1. The molecule has 0 aromatic carbocycles. The van der Waals surface area contributed by atoms with E-state index in [-0.39, 0.29) is 12.3 Å². The zero-order valence-corrected chi connectivity index (χ0v) is 15.7. The molecule has 4 saturated carbocycles. The standard InChI is InChI=1S/C18H23ClN2O3S/c1-8(13-4-12(19)14(25-13)16(22)21-23)20-17-15(24-17)18-5-9-2-10(6-18)11(3-9)7-18/h4,8-11,15,17,20,23H,2-3,5-7H2,1H3,(H,21,22). The van der Waals surface area contributed by atoms with Gasteiger partial charge in [0.1, 0.15) is 17.2 Å². The van der Waals surface area contributed by atoms with Crippen LogP contribution in [0.15, 0.2) is 6.07 Å². The highest BCUT2D eigenvalue weighted by molar-refractivity contribution is 7.14. The Morgan fingerprint density at radius 1 is 1.40 bits per heavy atom. The maximum atomic E-state index is 11.6. The fourth-order valence-electron chi connectivity index (χ4n) is 6.06. The molecule has 1 aromatic heterocycles. The topological polar surface area (TPSA) is 73.9 Å².